The maximum Gasteiger partial charge on any atom is 0.0875 e. The Kier molecular flexibility index (Phi) is 4.72. The minimum atomic E-state index is -0.678. The van der Waals surface area contributed by atoms with Crippen LogP contribution in [0, 0.1) is 0 Å². The first-order valence-electron chi connectivity index (χ1n) is 5.39. The van der Waals surface area contributed by atoms with Gasteiger partial charge in [-0.3, -0.25) is 4.98 Å². The topological polar surface area (TPSA) is 42.4 Å². The molecular weight excluding hydrogens is 190 g/mol. The number of nitrogens with zero attached hydrogens (tertiary/aromatic N) is 1. The Balaban J connectivity index is 2.33. The summed E-state index contributed by atoms with van der Waals surface area (Å²) < 4.78 is 5.48. The molecule has 0 amide bonds. The lowest BCUT2D eigenvalue weighted by Crippen LogP contribution is -2.32. The number of hydrogen-bond donors (Lipinski definition) is 1. The van der Waals surface area contributed by atoms with E-state index >= 15 is 0 Å². The third-order valence-electron chi connectivity index (χ3n) is 2.68. The number of ether oxygens (including phenoxy) is 1. The average molecular weight is 209 g/mol. The fourth-order valence-corrected chi connectivity index (χ4v) is 1.30. The van der Waals surface area contributed by atoms with E-state index in [1.54, 1.807) is 12.4 Å². The molecule has 15 heavy (non-hydrogen) atoms. The monoisotopic (exact) mass is 209 g/mol. The summed E-state index contributed by atoms with van der Waals surface area (Å²) in [6.07, 6.45) is 4.95. The van der Waals surface area contributed by atoms with Crippen molar-refractivity contribution in [3.05, 3.63) is 30.1 Å². The normalized spacial score (nSPS) is 11.7. The van der Waals surface area contributed by atoms with Gasteiger partial charge in [-0.05, 0) is 24.5 Å². The molecule has 0 bridgehead atoms. The van der Waals surface area contributed by atoms with Crippen molar-refractivity contribution in [1.82, 2.24) is 4.98 Å². The van der Waals surface area contributed by atoms with Crippen molar-refractivity contribution in [1.29, 1.82) is 0 Å². The maximum absolute atomic E-state index is 9.97. The zero-order valence-electron chi connectivity index (χ0n) is 9.44. The van der Waals surface area contributed by atoms with Crippen molar-refractivity contribution in [3.63, 3.8) is 0 Å². The van der Waals surface area contributed by atoms with Gasteiger partial charge in [0.1, 0.15) is 0 Å². The van der Waals surface area contributed by atoms with Crippen LogP contribution >= 0.6 is 0 Å². The zero-order chi connectivity index (χ0) is 11.1. The minimum Gasteiger partial charge on any atom is -0.388 e. The summed E-state index contributed by atoms with van der Waals surface area (Å²) in [7, 11) is 0. The number of pyridine rings is 1. The van der Waals surface area contributed by atoms with Gasteiger partial charge in [-0.1, -0.05) is 19.9 Å². The molecule has 0 radical (unpaired) electrons. The van der Waals surface area contributed by atoms with Gasteiger partial charge in [-0.2, -0.15) is 0 Å². The van der Waals surface area contributed by atoms with Gasteiger partial charge in [0.05, 0.1) is 18.8 Å². The van der Waals surface area contributed by atoms with Crippen LogP contribution in [0.4, 0.5) is 0 Å². The van der Waals surface area contributed by atoms with Crippen molar-refractivity contribution in [3.8, 4) is 0 Å². The predicted octanol–water partition coefficient (Wildman–Crippen LogP) is 2.15. The summed E-state index contributed by atoms with van der Waals surface area (Å²) >= 11 is 0. The summed E-state index contributed by atoms with van der Waals surface area (Å²) in [6, 6.07) is 3.84. The Hall–Kier alpha value is -0.930. The quantitative estimate of drug-likeness (QED) is 0.780. The molecule has 0 saturated heterocycles. The first kappa shape index (κ1) is 12.1. The third-order valence-corrected chi connectivity index (χ3v) is 2.68. The highest BCUT2D eigenvalue weighted by Gasteiger charge is 2.21. The number of rotatable bonds is 6. The van der Waals surface area contributed by atoms with Gasteiger partial charge >= 0.3 is 0 Å². The molecule has 0 fully saturated rings. The lowest BCUT2D eigenvalue weighted by molar-refractivity contribution is -0.0562. The molecule has 0 unspecified atom stereocenters. The molecule has 3 nitrogen and oxygen atoms in total. The molecule has 3 heteroatoms. The molecule has 0 spiro atoms. The van der Waals surface area contributed by atoms with Crippen LogP contribution in [0.5, 0.6) is 0 Å². The zero-order valence-corrected chi connectivity index (χ0v) is 9.44. The van der Waals surface area contributed by atoms with Gasteiger partial charge in [0, 0.05) is 12.4 Å². The molecular formula is C12H19NO2. The van der Waals surface area contributed by atoms with E-state index in [1.165, 1.54) is 0 Å². The van der Waals surface area contributed by atoms with E-state index in [4.69, 9.17) is 4.74 Å². The lowest BCUT2D eigenvalue weighted by Gasteiger charge is -2.24. The van der Waals surface area contributed by atoms with Crippen LogP contribution in [0.3, 0.4) is 0 Å². The van der Waals surface area contributed by atoms with Gasteiger partial charge in [-0.25, -0.2) is 0 Å². The van der Waals surface area contributed by atoms with Crippen LogP contribution in [0.25, 0.3) is 0 Å². The van der Waals surface area contributed by atoms with Crippen molar-refractivity contribution in [2.24, 2.45) is 0 Å². The fraction of sp³-hybridized carbons (Fsp3) is 0.583. The first-order chi connectivity index (χ1) is 7.20. The minimum absolute atomic E-state index is 0.384. The highest BCUT2D eigenvalue weighted by Crippen LogP contribution is 2.15. The SMILES string of the molecule is CCC(O)(CC)COCc1cccnc1. The van der Waals surface area contributed by atoms with E-state index in [0.29, 0.717) is 13.2 Å². The average Bonchev–Trinajstić information content (AvgIpc) is 2.30. The van der Waals surface area contributed by atoms with E-state index in [-0.39, 0.29) is 0 Å². The van der Waals surface area contributed by atoms with Gasteiger partial charge in [0.2, 0.25) is 0 Å². The van der Waals surface area contributed by atoms with Crippen molar-refractivity contribution in [2.45, 2.75) is 38.9 Å². The molecule has 84 valence electrons. The van der Waals surface area contributed by atoms with Gasteiger partial charge in [0.25, 0.3) is 0 Å². The van der Waals surface area contributed by atoms with Crippen LogP contribution < -0.4 is 0 Å². The molecule has 0 atom stereocenters. The van der Waals surface area contributed by atoms with Crippen molar-refractivity contribution in [2.75, 3.05) is 6.61 Å². The van der Waals surface area contributed by atoms with Crippen LogP contribution in [0.15, 0.2) is 24.5 Å². The summed E-state index contributed by atoms with van der Waals surface area (Å²) in [5.74, 6) is 0. The molecule has 0 saturated carbocycles. The lowest BCUT2D eigenvalue weighted by atomic mass is 9.99. The summed E-state index contributed by atoms with van der Waals surface area (Å²) in [6.45, 7) is 4.83. The van der Waals surface area contributed by atoms with E-state index in [9.17, 15) is 5.11 Å². The molecule has 0 aromatic carbocycles. The second kappa shape index (κ2) is 5.83. The highest BCUT2D eigenvalue weighted by molar-refractivity contribution is 5.06. The first-order valence-corrected chi connectivity index (χ1v) is 5.39. The van der Waals surface area contributed by atoms with E-state index in [1.807, 2.05) is 26.0 Å². The number of hydrogen-bond acceptors (Lipinski definition) is 3. The Morgan fingerprint density at radius 3 is 2.67 bits per heavy atom. The molecule has 0 aliphatic rings. The number of aromatic nitrogens is 1. The van der Waals surface area contributed by atoms with Crippen molar-refractivity contribution < 1.29 is 9.84 Å². The van der Waals surface area contributed by atoms with Crippen LogP contribution in [-0.4, -0.2) is 22.3 Å². The Morgan fingerprint density at radius 2 is 2.13 bits per heavy atom. The van der Waals surface area contributed by atoms with E-state index in [2.05, 4.69) is 4.98 Å². The highest BCUT2D eigenvalue weighted by atomic mass is 16.5. The van der Waals surface area contributed by atoms with Gasteiger partial charge in [0.15, 0.2) is 0 Å². The summed E-state index contributed by atoms with van der Waals surface area (Å²) in [5, 5.41) is 9.97. The van der Waals surface area contributed by atoms with Crippen LogP contribution in [0.2, 0.25) is 0 Å². The van der Waals surface area contributed by atoms with Gasteiger partial charge in [-0.15, -0.1) is 0 Å². The van der Waals surface area contributed by atoms with Gasteiger partial charge < -0.3 is 9.84 Å². The molecule has 1 N–H and O–H groups in total. The molecule has 0 aliphatic carbocycles. The largest absolute Gasteiger partial charge is 0.388 e. The fourth-order valence-electron chi connectivity index (χ4n) is 1.30. The number of aliphatic hydroxyl groups is 1. The standard InChI is InChI=1S/C12H19NO2/c1-3-12(14,4-2)10-15-9-11-6-5-7-13-8-11/h5-8,14H,3-4,9-10H2,1-2H3. The molecule has 1 aromatic rings. The Labute approximate surface area is 91.1 Å². The summed E-state index contributed by atoms with van der Waals surface area (Å²) in [5.41, 5.74) is 0.356. The summed E-state index contributed by atoms with van der Waals surface area (Å²) in [4.78, 5) is 4.00. The van der Waals surface area contributed by atoms with Crippen LogP contribution in [-0.2, 0) is 11.3 Å². The van der Waals surface area contributed by atoms with E-state index in [0.717, 1.165) is 18.4 Å². The third kappa shape index (κ3) is 3.98. The molecule has 1 aromatic heterocycles. The second-order valence-electron chi connectivity index (χ2n) is 3.79. The predicted molar refractivity (Wildman–Crippen MR) is 59.4 cm³/mol. The second-order valence-corrected chi connectivity index (χ2v) is 3.79. The smallest absolute Gasteiger partial charge is 0.0875 e. The maximum atomic E-state index is 9.97. The van der Waals surface area contributed by atoms with E-state index < -0.39 is 5.60 Å². The van der Waals surface area contributed by atoms with Crippen molar-refractivity contribution >= 4 is 0 Å². The molecule has 1 heterocycles. The Morgan fingerprint density at radius 1 is 1.40 bits per heavy atom. The Bertz CT molecular complexity index is 270. The molecule has 1 rings (SSSR count). The molecule has 0 aliphatic heterocycles. The van der Waals surface area contributed by atoms with Crippen LogP contribution in [0.1, 0.15) is 32.3 Å².